The zero-order valence-corrected chi connectivity index (χ0v) is 11.5. The molecule has 1 aliphatic rings. The lowest BCUT2D eigenvalue weighted by Crippen LogP contribution is -2.33. The molecule has 1 atom stereocenters. The van der Waals surface area contributed by atoms with E-state index in [-0.39, 0.29) is 17.4 Å². The van der Waals surface area contributed by atoms with Crippen LogP contribution in [-0.2, 0) is 17.1 Å². The molecule has 0 aliphatic carbocycles. The number of hydrogen-bond donors (Lipinski definition) is 2. The number of morpholine rings is 1. The predicted octanol–water partition coefficient (Wildman–Crippen LogP) is 3.26. The summed E-state index contributed by atoms with van der Waals surface area (Å²) in [5.74, 6) is 0.0667. The van der Waals surface area contributed by atoms with Gasteiger partial charge >= 0.3 is 12.4 Å². The molecule has 1 unspecified atom stereocenters. The Balaban J connectivity index is 2.15. The zero-order valence-electron chi connectivity index (χ0n) is 11.5. The molecule has 0 radical (unpaired) electrons. The maximum Gasteiger partial charge on any atom is 0.418 e. The molecule has 2 aromatic rings. The van der Waals surface area contributed by atoms with Gasteiger partial charge in [-0.05, 0) is 12.1 Å². The van der Waals surface area contributed by atoms with Gasteiger partial charge in [0.15, 0.2) is 0 Å². The molecule has 1 aromatic heterocycles. The second kappa shape index (κ2) is 5.38. The van der Waals surface area contributed by atoms with E-state index in [0.717, 1.165) is 0 Å². The molecule has 0 saturated carbocycles. The van der Waals surface area contributed by atoms with Gasteiger partial charge in [-0.25, -0.2) is 4.98 Å². The van der Waals surface area contributed by atoms with E-state index in [0.29, 0.717) is 25.8 Å². The Bertz CT molecular complexity index is 715. The van der Waals surface area contributed by atoms with Crippen molar-refractivity contribution < 1.29 is 31.1 Å². The summed E-state index contributed by atoms with van der Waals surface area (Å²) in [6, 6.07) is 0.699. The molecular weight excluding hydrogens is 328 g/mol. The lowest BCUT2D eigenvalue weighted by atomic mass is 10.1. The SMILES string of the molecule is FC(F)(F)c1cc(C(F)(F)F)c2nc(C3CNCCO3)[nH]c2c1. The molecule has 2 heterocycles. The van der Waals surface area contributed by atoms with Gasteiger partial charge in [0.1, 0.15) is 17.4 Å². The standard InChI is InChI=1S/C13H11F6N3O/c14-12(15,16)6-3-7(13(17,18)19)10-8(4-6)21-11(22-10)9-5-20-1-2-23-9/h3-4,9,20H,1-2,5H2,(H,21,22). The lowest BCUT2D eigenvalue weighted by molar-refractivity contribution is -0.142. The van der Waals surface area contributed by atoms with Gasteiger partial charge in [0.25, 0.3) is 0 Å². The van der Waals surface area contributed by atoms with Crippen LogP contribution in [0, 0.1) is 0 Å². The molecule has 10 heteroatoms. The van der Waals surface area contributed by atoms with Crippen molar-refractivity contribution in [1.29, 1.82) is 0 Å². The predicted molar refractivity (Wildman–Crippen MR) is 67.7 cm³/mol. The van der Waals surface area contributed by atoms with Crippen molar-refractivity contribution in [3.8, 4) is 0 Å². The highest BCUT2D eigenvalue weighted by Crippen LogP contribution is 2.39. The number of aromatic nitrogens is 2. The Morgan fingerprint density at radius 3 is 2.39 bits per heavy atom. The minimum absolute atomic E-state index is 0.0667. The van der Waals surface area contributed by atoms with E-state index in [1.54, 1.807) is 0 Å². The van der Waals surface area contributed by atoms with Crippen LogP contribution in [0.1, 0.15) is 23.1 Å². The number of benzene rings is 1. The van der Waals surface area contributed by atoms with Crippen LogP contribution < -0.4 is 5.32 Å². The summed E-state index contributed by atoms with van der Waals surface area (Å²) in [4.78, 5) is 6.33. The van der Waals surface area contributed by atoms with Gasteiger partial charge < -0.3 is 15.0 Å². The Hall–Kier alpha value is -1.81. The maximum atomic E-state index is 13.1. The normalized spacial score (nSPS) is 20.2. The molecule has 23 heavy (non-hydrogen) atoms. The number of rotatable bonds is 1. The largest absolute Gasteiger partial charge is 0.418 e. The fourth-order valence-corrected chi connectivity index (χ4v) is 2.41. The molecule has 0 amide bonds. The van der Waals surface area contributed by atoms with Crippen molar-refractivity contribution in [3.05, 3.63) is 29.1 Å². The molecule has 1 aliphatic heterocycles. The van der Waals surface area contributed by atoms with Crippen LogP contribution in [0.15, 0.2) is 12.1 Å². The number of aromatic amines is 1. The molecule has 2 N–H and O–H groups in total. The molecule has 1 aromatic carbocycles. The molecule has 1 fully saturated rings. The zero-order chi connectivity index (χ0) is 16.8. The van der Waals surface area contributed by atoms with Gasteiger partial charge in [0, 0.05) is 13.1 Å². The average molecular weight is 339 g/mol. The molecule has 0 bridgehead atoms. The molecule has 4 nitrogen and oxygen atoms in total. The Morgan fingerprint density at radius 2 is 1.83 bits per heavy atom. The number of nitrogens with one attached hydrogen (secondary N) is 2. The van der Waals surface area contributed by atoms with Gasteiger partial charge in [-0.1, -0.05) is 0 Å². The summed E-state index contributed by atoms with van der Waals surface area (Å²) >= 11 is 0. The van der Waals surface area contributed by atoms with E-state index in [1.807, 2.05) is 0 Å². The van der Waals surface area contributed by atoms with Crippen molar-refractivity contribution in [2.24, 2.45) is 0 Å². The number of H-pyrrole nitrogens is 1. The summed E-state index contributed by atoms with van der Waals surface area (Å²) < 4.78 is 83.0. The monoisotopic (exact) mass is 339 g/mol. The van der Waals surface area contributed by atoms with Gasteiger partial charge in [0.2, 0.25) is 0 Å². The van der Waals surface area contributed by atoms with E-state index in [9.17, 15) is 26.3 Å². The average Bonchev–Trinajstić information content (AvgIpc) is 2.89. The summed E-state index contributed by atoms with van der Waals surface area (Å²) in [5, 5.41) is 2.97. The minimum atomic E-state index is -4.95. The number of hydrogen-bond acceptors (Lipinski definition) is 3. The van der Waals surface area contributed by atoms with Crippen LogP contribution in [0.3, 0.4) is 0 Å². The fraction of sp³-hybridized carbons (Fsp3) is 0.462. The third-order valence-electron chi connectivity index (χ3n) is 3.47. The second-order valence-corrected chi connectivity index (χ2v) is 5.10. The van der Waals surface area contributed by atoms with Gasteiger partial charge in [-0.2, -0.15) is 26.3 Å². The van der Waals surface area contributed by atoms with Crippen molar-refractivity contribution >= 4 is 11.0 Å². The highest BCUT2D eigenvalue weighted by atomic mass is 19.4. The van der Waals surface area contributed by atoms with E-state index >= 15 is 0 Å². The van der Waals surface area contributed by atoms with Gasteiger partial charge in [-0.15, -0.1) is 0 Å². The smallest absolute Gasteiger partial charge is 0.368 e. The van der Waals surface area contributed by atoms with E-state index in [4.69, 9.17) is 4.74 Å². The van der Waals surface area contributed by atoms with Gasteiger partial charge in [0.05, 0.1) is 23.3 Å². The van der Waals surface area contributed by atoms with Gasteiger partial charge in [-0.3, -0.25) is 0 Å². The molecule has 1 saturated heterocycles. The van der Waals surface area contributed by atoms with Crippen molar-refractivity contribution in [2.75, 3.05) is 19.7 Å². The molecule has 126 valence electrons. The lowest BCUT2D eigenvalue weighted by Gasteiger charge is -2.21. The van der Waals surface area contributed by atoms with Crippen LogP contribution in [0.4, 0.5) is 26.3 Å². The summed E-state index contributed by atoms with van der Waals surface area (Å²) in [7, 11) is 0. The van der Waals surface area contributed by atoms with Crippen molar-refractivity contribution in [3.63, 3.8) is 0 Å². The Morgan fingerprint density at radius 1 is 1.09 bits per heavy atom. The Labute approximate surface area is 125 Å². The van der Waals surface area contributed by atoms with Crippen LogP contribution >= 0.6 is 0 Å². The maximum absolute atomic E-state index is 13.1. The topological polar surface area (TPSA) is 49.9 Å². The first kappa shape index (κ1) is 16.1. The summed E-state index contributed by atoms with van der Waals surface area (Å²) in [6.45, 7) is 1.23. The van der Waals surface area contributed by atoms with Crippen LogP contribution in [-0.4, -0.2) is 29.7 Å². The highest BCUT2D eigenvalue weighted by Gasteiger charge is 2.39. The molecular formula is C13H11F6N3O. The number of fused-ring (bicyclic) bond motifs is 1. The van der Waals surface area contributed by atoms with Crippen LogP contribution in [0.5, 0.6) is 0 Å². The van der Waals surface area contributed by atoms with E-state index in [1.165, 1.54) is 0 Å². The Kier molecular flexibility index (Phi) is 3.75. The summed E-state index contributed by atoms with van der Waals surface area (Å²) in [6.07, 6.45) is -10.5. The third kappa shape index (κ3) is 3.13. The van der Waals surface area contributed by atoms with Crippen molar-refractivity contribution in [2.45, 2.75) is 18.5 Å². The molecule has 0 spiro atoms. The highest BCUT2D eigenvalue weighted by molar-refractivity contribution is 5.80. The fourth-order valence-electron chi connectivity index (χ4n) is 2.41. The third-order valence-corrected chi connectivity index (χ3v) is 3.47. The first-order valence-corrected chi connectivity index (χ1v) is 6.66. The molecule has 3 rings (SSSR count). The summed E-state index contributed by atoms with van der Waals surface area (Å²) in [5.41, 5.74) is -3.67. The van der Waals surface area contributed by atoms with E-state index < -0.39 is 35.1 Å². The van der Waals surface area contributed by atoms with Crippen LogP contribution in [0.2, 0.25) is 0 Å². The quantitative estimate of drug-likeness (QED) is 0.784. The minimum Gasteiger partial charge on any atom is -0.368 e. The number of imidazole rings is 1. The van der Waals surface area contributed by atoms with Crippen LogP contribution in [0.25, 0.3) is 11.0 Å². The number of alkyl halides is 6. The second-order valence-electron chi connectivity index (χ2n) is 5.10. The number of ether oxygens (including phenoxy) is 1. The number of halogens is 6. The van der Waals surface area contributed by atoms with E-state index in [2.05, 4.69) is 15.3 Å². The first-order chi connectivity index (χ1) is 10.7. The first-order valence-electron chi connectivity index (χ1n) is 6.66. The van der Waals surface area contributed by atoms with Crippen molar-refractivity contribution in [1.82, 2.24) is 15.3 Å². The number of nitrogens with zero attached hydrogens (tertiary/aromatic N) is 1.